The van der Waals surface area contributed by atoms with Crippen molar-refractivity contribution in [3.63, 3.8) is 0 Å². The molecule has 70 valence electrons. The monoisotopic (exact) mass is 196 g/mol. The topological polar surface area (TPSA) is 133 Å². The molecular weight excluding hydrogens is 188 g/mol. The van der Waals surface area contributed by atoms with E-state index in [0.29, 0.717) is 0 Å². The molecule has 8 nitrogen and oxygen atoms in total. The number of nitrogens with zero attached hydrogens (tertiary/aromatic N) is 1. The fraction of sp³-hybridized carbons (Fsp3) is 0. The first-order valence-corrected chi connectivity index (χ1v) is 3.91. The van der Waals surface area contributed by atoms with E-state index in [9.17, 15) is 8.42 Å². The Kier molecular flexibility index (Phi) is 5.16. The van der Waals surface area contributed by atoms with Crippen LogP contribution in [0.5, 0.6) is 0 Å². The lowest BCUT2D eigenvalue weighted by Gasteiger charge is -1.89. The van der Waals surface area contributed by atoms with Gasteiger partial charge in [-0.15, -0.1) is 0 Å². The number of aromatic amines is 1. The molecule has 12 heavy (non-hydrogen) atoms. The van der Waals surface area contributed by atoms with Crippen molar-refractivity contribution in [3.8, 4) is 0 Å². The minimum Gasteiger partial charge on any atom is -0.286 e. The summed E-state index contributed by atoms with van der Waals surface area (Å²) in [7, 11) is -4.10. The first-order valence-electron chi connectivity index (χ1n) is 2.58. The van der Waals surface area contributed by atoms with Crippen LogP contribution in [0.2, 0.25) is 0 Å². The van der Waals surface area contributed by atoms with Gasteiger partial charge in [-0.1, -0.05) is 0 Å². The Bertz CT molecular complexity index is 241. The van der Waals surface area contributed by atoms with Crippen LogP contribution in [0.1, 0.15) is 0 Å². The van der Waals surface area contributed by atoms with Crippen LogP contribution in [0.3, 0.4) is 0 Å². The zero-order valence-electron chi connectivity index (χ0n) is 5.88. The SMILES string of the molecule is NOS(=O)(=O)ON.c1cn[nH]c1. The average Bonchev–Trinajstić information content (AvgIpc) is 2.62. The molecule has 1 aromatic heterocycles. The number of aromatic nitrogens is 2. The second-order valence-corrected chi connectivity index (χ2v) is 2.57. The molecule has 0 saturated heterocycles. The molecule has 1 rings (SSSR count). The smallest absolute Gasteiger partial charge is 0.286 e. The Hall–Kier alpha value is -1.00. The lowest BCUT2D eigenvalue weighted by atomic mass is 10.8. The highest BCUT2D eigenvalue weighted by Crippen LogP contribution is 1.80. The normalized spacial score (nSPS) is 10.2. The van der Waals surface area contributed by atoms with Gasteiger partial charge in [0.25, 0.3) is 0 Å². The Morgan fingerprint density at radius 1 is 1.33 bits per heavy atom. The summed E-state index contributed by atoms with van der Waals surface area (Å²) in [6, 6.07) is 1.83. The van der Waals surface area contributed by atoms with Gasteiger partial charge in [-0.05, 0) is 6.07 Å². The third-order valence-electron chi connectivity index (χ3n) is 0.642. The van der Waals surface area contributed by atoms with Crippen molar-refractivity contribution >= 4 is 10.4 Å². The summed E-state index contributed by atoms with van der Waals surface area (Å²) in [6.45, 7) is 0. The van der Waals surface area contributed by atoms with E-state index in [0.717, 1.165) is 0 Å². The number of hydrogen-bond acceptors (Lipinski definition) is 7. The van der Waals surface area contributed by atoms with Crippen molar-refractivity contribution in [2.75, 3.05) is 0 Å². The van der Waals surface area contributed by atoms with Gasteiger partial charge < -0.3 is 0 Å². The second-order valence-electron chi connectivity index (χ2n) is 1.37. The molecule has 0 saturated carbocycles. The Morgan fingerprint density at radius 2 is 1.92 bits per heavy atom. The predicted octanol–water partition coefficient (Wildman–Crippen LogP) is -1.58. The fourth-order valence-corrected chi connectivity index (χ4v) is 0.283. The van der Waals surface area contributed by atoms with E-state index < -0.39 is 10.4 Å². The number of nitrogens with one attached hydrogen (secondary N) is 1. The van der Waals surface area contributed by atoms with Gasteiger partial charge >= 0.3 is 10.4 Å². The van der Waals surface area contributed by atoms with Crippen LogP contribution < -0.4 is 11.8 Å². The molecule has 1 aromatic rings. The molecule has 5 N–H and O–H groups in total. The van der Waals surface area contributed by atoms with Gasteiger partial charge in [-0.3, -0.25) is 5.10 Å². The largest absolute Gasteiger partial charge is 0.431 e. The van der Waals surface area contributed by atoms with Crippen LogP contribution in [-0.2, 0) is 19.0 Å². The second kappa shape index (κ2) is 5.62. The molecule has 0 radical (unpaired) electrons. The highest BCUT2D eigenvalue weighted by atomic mass is 32.3. The Balaban J connectivity index is 0.000000211. The van der Waals surface area contributed by atoms with Crippen LogP contribution in [0.4, 0.5) is 0 Å². The van der Waals surface area contributed by atoms with Crippen molar-refractivity contribution in [2.24, 2.45) is 11.8 Å². The maximum atomic E-state index is 9.67. The van der Waals surface area contributed by atoms with Crippen molar-refractivity contribution < 1.29 is 17.0 Å². The number of hydrogen-bond donors (Lipinski definition) is 3. The highest BCUT2D eigenvalue weighted by molar-refractivity contribution is 7.81. The van der Waals surface area contributed by atoms with Crippen molar-refractivity contribution in [1.29, 1.82) is 0 Å². The predicted molar refractivity (Wildman–Crippen MR) is 38.1 cm³/mol. The summed E-state index contributed by atoms with van der Waals surface area (Å²) < 4.78 is 25.8. The van der Waals surface area contributed by atoms with E-state index in [1.54, 1.807) is 12.4 Å². The molecule has 1 heterocycles. The lowest BCUT2D eigenvalue weighted by Crippen LogP contribution is -2.17. The molecule has 0 aromatic carbocycles. The Labute approximate surface area is 68.7 Å². The molecule has 0 spiro atoms. The molecule has 0 aliphatic rings. The van der Waals surface area contributed by atoms with Gasteiger partial charge in [-0.25, -0.2) is 0 Å². The Morgan fingerprint density at radius 3 is 2.00 bits per heavy atom. The summed E-state index contributed by atoms with van der Waals surface area (Å²) in [5.41, 5.74) is 0. The van der Waals surface area contributed by atoms with Gasteiger partial charge in [0.2, 0.25) is 0 Å². The van der Waals surface area contributed by atoms with E-state index in [4.69, 9.17) is 0 Å². The zero-order valence-corrected chi connectivity index (χ0v) is 6.69. The molecular formula is C3H8N4O4S. The van der Waals surface area contributed by atoms with E-state index >= 15 is 0 Å². The summed E-state index contributed by atoms with van der Waals surface area (Å²) >= 11 is 0. The molecule has 0 aliphatic heterocycles. The highest BCUT2D eigenvalue weighted by Gasteiger charge is 2.04. The molecule has 0 aliphatic carbocycles. The minimum atomic E-state index is -4.10. The number of H-pyrrole nitrogens is 1. The molecule has 0 unspecified atom stereocenters. The molecule has 9 heteroatoms. The summed E-state index contributed by atoms with van der Waals surface area (Å²) in [5, 5.41) is 6.21. The fourth-order valence-electron chi connectivity index (χ4n) is 0.238. The number of rotatable bonds is 2. The average molecular weight is 196 g/mol. The maximum absolute atomic E-state index is 9.67. The minimum absolute atomic E-state index is 1.69. The lowest BCUT2D eigenvalue weighted by molar-refractivity contribution is 0.222. The molecule has 0 atom stereocenters. The van der Waals surface area contributed by atoms with E-state index in [1.165, 1.54) is 0 Å². The van der Waals surface area contributed by atoms with Crippen molar-refractivity contribution in [1.82, 2.24) is 10.2 Å². The van der Waals surface area contributed by atoms with Gasteiger partial charge in [0.05, 0.1) is 0 Å². The van der Waals surface area contributed by atoms with Crippen LogP contribution in [-0.4, -0.2) is 18.6 Å². The van der Waals surface area contributed by atoms with Gasteiger partial charge in [-0.2, -0.15) is 33.9 Å². The molecule has 0 bridgehead atoms. The van der Waals surface area contributed by atoms with Crippen LogP contribution in [0.25, 0.3) is 0 Å². The standard InChI is InChI=1S/C3H4N2.H4N2O4S/c1-2-4-5-3-1;1-5-7(3,4)6-2/h1-3H,(H,4,5);1-2H2. The first-order chi connectivity index (χ1) is 5.62. The van der Waals surface area contributed by atoms with E-state index in [1.807, 2.05) is 6.07 Å². The van der Waals surface area contributed by atoms with Gasteiger partial charge in [0, 0.05) is 12.4 Å². The van der Waals surface area contributed by atoms with E-state index in [2.05, 4.69) is 30.6 Å². The summed E-state index contributed by atoms with van der Waals surface area (Å²) in [4.78, 5) is 0. The van der Waals surface area contributed by atoms with Gasteiger partial charge in [0.15, 0.2) is 0 Å². The maximum Gasteiger partial charge on any atom is 0.431 e. The quantitative estimate of drug-likeness (QED) is 0.486. The van der Waals surface area contributed by atoms with Crippen molar-refractivity contribution in [2.45, 2.75) is 0 Å². The third kappa shape index (κ3) is 5.76. The zero-order chi connectivity index (χ0) is 9.45. The first kappa shape index (κ1) is 11.0. The van der Waals surface area contributed by atoms with Gasteiger partial charge in [0.1, 0.15) is 0 Å². The summed E-state index contributed by atoms with van der Waals surface area (Å²) in [5.74, 6) is 8.25. The van der Waals surface area contributed by atoms with Crippen LogP contribution >= 0.6 is 0 Å². The van der Waals surface area contributed by atoms with Crippen LogP contribution in [0.15, 0.2) is 18.5 Å². The molecule has 0 fully saturated rings. The third-order valence-corrected chi connectivity index (χ3v) is 1.11. The van der Waals surface area contributed by atoms with Crippen LogP contribution in [0, 0.1) is 0 Å². The van der Waals surface area contributed by atoms with Crippen molar-refractivity contribution in [3.05, 3.63) is 18.5 Å². The molecule has 0 amide bonds. The van der Waals surface area contributed by atoms with E-state index in [-0.39, 0.29) is 0 Å². The number of nitrogens with two attached hydrogens (primary N) is 2. The summed E-state index contributed by atoms with van der Waals surface area (Å²) in [6.07, 6.45) is 3.46.